The summed E-state index contributed by atoms with van der Waals surface area (Å²) >= 11 is 0. The Morgan fingerprint density at radius 2 is 1.93 bits per heavy atom. The maximum absolute atomic E-state index is 14.8. The molecule has 9 nitrogen and oxygen atoms in total. The van der Waals surface area contributed by atoms with Gasteiger partial charge in [0.15, 0.2) is 5.82 Å². The molecule has 28 heavy (non-hydrogen) atoms. The van der Waals surface area contributed by atoms with Crippen molar-refractivity contribution in [3.63, 3.8) is 0 Å². The summed E-state index contributed by atoms with van der Waals surface area (Å²) in [6.07, 6.45) is -4.84. The third-order valence-electron chi connectivity index (χ3n) is 3.82. The molecule has 0 amide bonds. The second kappa shape index (κ2) is 6.90. The van der Waals surface area contributed by atoms with Crippen LogP contribution in [0.25, 0.3) is 16.9 Å². The number of ether oxygens (including phenoxy) is 1. The zero-order chi connectivity index (χ0) is 20.6. The molecular formula is C15H14F4N8O. The number of benzene rings is 1. The minimum absolute atomic E-state index is 0.0862. The molecule has 0 unspecified atom stereocenters. The lowest BCUT2D eigenvalue weighted by atomic mass is 10.0. The summed E-state index contributed by atoms with van der Waals surface area (Å²) in [4.78, 5) is 7.25. The number of aryl methyl sites for hydroxylation is 1. The van der Waals surface area contributed by atoms with Crippen LogP contribution >= 0.6 is 0 Å². The van der Waals surface area contributed by atoms with Crippen LogP contribution in [-0.4, -0.2) is 44.3 Å². The minimum atomic E-state index is -4.84. The van der Waals surface area contributed by atoms with E-state index >= 15 is 0 Å². The molecule has 0 aliphatic rings. The van der Waals surface area contributed by atoms with Crippen LogP contribution in [0.4, 0.5) is 29.3 Å². The molecule has 0 saturated carbocycles. The first-order valence-corrected chi connectivity index (χ1v) is 7.73. The Kier molecular flexibility index (Phi) is 4.75. The van der Waals surface area contributed by atoms with Crippen molar-refractivity contribution in [3.05, 3.63) is 29.3 Å². The van der Waals surface area contributed by atoms with E-state index in [2.05, 4.69) is 30.8 Å². The van der Waals surface area contributed by atoms with Crippen LogP contribution in [0.1, 0.15) is 11.4 Å². The Labute approximate surface area is 155 Å². The van der Waals surface area contributed by atoms with E-state index in [-0.39, 0.29) is 22.8 Å². The summed E-state index contributed by atoms with van der Waals surface area (Å²) < 4.78 is 62.1. The number of hydrogen-bond donors (Lipinski definition) is 2. The third-order valence-corrected chi connectivity index (χ3v) is 3.82. The molecule has 0 fully saturated rings. The van der Waals surface area contributed by atoms with Gasteiger partial charge in [-0.2, -0.15) is 22.8 Å². The molecule has 0 bridgehead atoms. The fourth-order valence-corrected chi connectivity index (χ4v) is 2.64. The third kappa shape index (κ3) is 3.25. The van der Waals surface area contributed by atoms with E-state index in [4.69, 9.17) is 10.5 Å². The molecule has 3 N–H and O–H groups in total. The lowest BCUT2D eigenvalue weighted by Gasteiger charge is -2.18. The number of nitrogens with two attached hydrogens (primary N) is 1. The quantitative estimate of drug-likeness (QED) is 0.643. The SMILES string of the molecule is CNc1nc(N)nc(-c2cc(F)c(-n3nnnc3C)cc2OC)c1C(F)(F)F. The van der Waals surface area contributed by atoms with Gasteiger partial charge in [-0.15, -0.1) is 5.10 Å². The Morgan fingerprint density at radius 3 is 2.46 bits per heavy atom. The normalized spacial score (nSPS) is 11.5. The average Bonchev–Trinajstić information content (AvgIpc) is 3.05. The lowest BCUT2D eigenvalue weighted by Crippen LogP contribution is -2.16. The maximum Gasteiger partial charge on any atom is 0.422 e. The van der Waals surface area contributed by atoms with Gasteiger partial charge in [0.2, 0.25) is 5.95 Å². The first kappa shape index (κ1) is 19.3. The molecule has 148 valence electrons. The van der Waals surface area contributed by atoms with Crippen molar-refractivity contribution >= 4 is 11.8 Å². The molecule has 0 radical (unpaired) electrons. The van der Waals surface area contributed by atoms with Crippen molar-refractivity contribution in [2.75, 3.05) is 25.2 Å². The predicted molar refractivity (Wildman–Crippen MR) is 90.4 cm³/mol. The molecule has 0 atom stereocenters. The lowest BCUT2D eigenvalue weighted by molar-refractivity contribution is -0.136. The first-order valence-electron chi connectivity index (χ1n) is 7.73. The predicted octanol–water partition coefficient (Wildman–Crippen LogP) is 2.22. The fourth-order valence-electron chi connectivity index (χ4n) is 2.64. The van der Waals surface area contributed by atoms with E-state index in [0.29, 0.717) is 0 Å². The summed E-state index contributed by atoms with van der Waals surface area (Å²) in [7, 11) is 2.48. The Hall–Kier alpha value is -3.51. The number of anilines is 2. The Bertz CT molecular complexity index is 1030. The Balaban J connectivity index is 2.32. The zero-order valence-corrected chi connectivity index (χ0v) is 14.8. The van der Waals surface area contributed by atoms with Gasteiger partial charge in [0.25, 0.3) is 0 Å². The number of nitrogens with one attached hydrogen (secondary N) is 1. The highest BCUT2D eigenvalue weighted by Crippen LogP contribution is 2.43. The van der Waals surface area contributed by atoms with E-state index in [1.165, 1.54) is 27.1 Å². The summed E-state index contributed by atoms with van der Waals surface area (Å²) in [5, 5.41) is 13.0. The van der Waals surface area contributed by atoms with Crippen molar-refractivity contribution in [2.45, 2.75) is 13.1 Å². The summed E-state index contributed by atoms with van der Waals surface area (Å²) in [6, 6.07) is 2.03. The molecule has 2 aromatic heterocycles. The van der Waals surface area contributed by atoms with Crippen LogP contribution in [0.15, 0.2) is 12.1 Å². The molecule has 13 heteroatoms. The number of nitrogens with zero attached hydrogens (tertiary/aromatic N) is 6. The minimum Gasteiger partial charge on any atom is -0.496 e. The van der Waals surface area contributed by atoms with Gasteiger partial charge in [-0.3, -0.25) is 0 Å². The van der Waals surface area contributed by atoms with Gasteiger partial charge < -0.3 is 15.8 Å². The molecule has 0 aliphatic heterocycles. The van der Waals surface area contributed by atoms with Gasteiger partial charge in [-0.1, -0.05) is 0 Å². The van der Waals surface area contributed by atoms with Gasteiger partial charge >= 0.3 is 6.18 Å². The number of aromatic nitrogens is 6. The van der Waals surface area contributed by atoms with Crippen molar-refractivity contribution in [1.29, 1.82) is 0 Å². The highest BCUT2D eigenvalue weighted by atomic mass is 19.4. The van der Waals surface area contributed by atoms with Crippen molar-refractivity contribution in [1.82, 2.24) is 30.2 Å². The van der Waals surface area contributed by atoms with Gasteiger partial charge in [0.05, 0.1) is 12.8 Å². The summed E-state index contributed by atoms with van der Waals surface area (Å²) in [5.41, 5.74) is 3.36. The van der Waals surface area contributed by atoms with E-state index in [0.717, 1.165) is 10.7 Å². The number of hydrogen-bond acceptors (Lipinski definition) is 8. The molecule has 0 aliphatic carbocycles. The van der Waals surface area contributed by atoms with Gasteiger partial charge in [0.1, 0.15) is 28.6 Å². The van der Waals surface area contributed by atoms with Crippen LogP contribution in [0, 0.1) is 12.7 Å². The van der Waals surface area contributed by atoms with Gasteiger partial charge in [-0.05, 0) is 23.4 Å². The van der Waals surface area contributed by atoms with E-state index in [1.54, 1.807) is 0 Å². The van der Waals surface area contributed by atoms with E-state index in [1.807, 2.05) is 0 Å². The number of nitrogen functional groups attached to an aromatic ring is 1. The summed E-state index contributed by atoms with van der Waals surface area (Å²) in [6.45, 7) is 1.53. The number of halogens is 4. The molecule has 1 aromatic carbocycles. The molecule has 3 rings (SSSR count). The van der Waals surface area contributed by atoms with Crippen LogP contribution in [0.2, 0.25) is 0 Å². The van der Waals surface area contributed by atoms with Gasteiger partial charge in [0, 0.05) is 18.7 Å². The zero-order valence-electron chi connectivity index (χ0n) is 14.8. The standard InChI is InChI=1S/C15H14F4N8O/c1-6-24-25-26-27(6)9-5-10(28-3)7(4-8(9)16)12-11(15(17,18)19)13(21-2)23-14(20)22-12/h4-5H,1-3H3,(H3,20,21,22,23). The number of tetrazole rings is 1. The second-order valence-electron chi connectivity index (χ2n) is 5.54. The van der Waals surface area contributed by atoms with E-state index < -0.39 is 35.0 Å². The maximum atomic E-state index is 14.8. The molecule has 0 spiro atoms. The number of rotatable bonds is 4. The highest BCUT2D eigenvalue weighted by molar-refractivity contribution is 5.76. The first-order chi connectivity index (χ1) is 13.2. The van der Waals surface area contributed by atoms with Gasteiger partial charge in [-0.25, -0.2) is 9.37 Å². The average molecular weight is 398 g/mol. The molecular weight excluding hydrogens is 384 g/mol. The van der Waals surface area contributed by atoms with Crippen molar-refractivity contribution in [2.24, 2.45) is 0 Å². The van der Waals surface area contributed by atoms with E-state index in [9.17, 15) is 17.6 Å². The van der Waals surface area contributed by atoms with Crippen LogP contribution in [-0.2, 0) is 6.18 Å². The molecule has 2 heterocycles. The van der Waals surface area contributed by atoms with Crippen LogP contribution < -0.4 is 15.8 Å². The molecule has 3 aromatic rings. The Morgan fingerprint density at radius 1 is 1.21 bits per heavy atom. The second-order valence-corrected chi connectivity index (χ2v) is 5.54. The van der Waals surface area contributed by atoms with Crippen molar-refractivity contribution < 1.29 is 22.3 Å². The topological polar surface area (TPSA) is 117 Å². The van der Waals surface area contributed by atoms with Crippen LogP contribution in [0.5, 0.6) is 5.75 Å². The molecule has 0 saturated heterocycles. The highest BCUT2D eigenvalue weighted by Gasteiger charge is 2.39. The number of alkyl halides is 3. The monoisotopic (exact) mass is 398 g/mol. The largest absolute Gasteiger partial charge is 0.496 e. The fraction of sp³-hybridized carbons (Fsp3) is 0.267. The van der Waals surface area contributed by atoms with Crippen molar-refractivity contribution in [3.8, 4) is 22.7 Å². The summed E-state index contributed by atoms with van der Waals surface area (Å²) in [5.74, 6) is -1.67. The smallest absolute Gasteiger partial charge is 0.422 e. The van der Waals surface area contributed by atoms with Crippen LogP contribution in [0.3, 0.4) is 0 Å². The number of methoxy groups -OCH3 is 1.